The van der Waals surface area contributed by atoms with Crippen LogP contribution in [0.15, 0.2) is 49.1 Å². The molecule has 0 aliphatic rings. The molecule has 0 atom stereocenters. The van der Waals surface area contributed by atoms with Gasteiger partial charge < -0.3 is 14.4 Å². The summed E-state index contributed by atoms with van der Waals surface area (Å²) in [5.41, 5.74) is 2.02. The van der Waals surface area contributed by atoms with E-state index in [-0.39, 0.29) is 11.7 Å². The molecule has 0 saturated carbocycles. The van der Waals surface area contributed by atoms with Crippen LogP contribution in [0.4, 0.5) is 4.39 Å². The average Bonchev–Trinajstić information content (AvgIpc) is 2.60. The number of amides is 1. The van der Waals surface area contributed by atoms with E-state index >= 15 is 0 Å². The Labute approximate surface area is 147 Å². The number of carbonyl (C=O) groups is 1. The van der Waals surface area contributed by atoms with E-state index in [9.17, 15) is 9.18 Å². The van der Waals surface area contributed by atoms with Gasteiger partial charge in [0.2, 0.25) is 0 Å². The molecule has 0 fully saturated rings. The van der Waals surface area contributed by atoms with E-state index in [1.165, 1.54) is 24.1 Å². The van der Waals surface area contributed by atoms with Crippen molar-refractivity contribution < 1.29 is 18.7 Å². The number of ether oxygens (including phenoxy) is 2. The number of carbonyl (C=O) groups excluding carboxylic acids is 1. The van der Waals surface area contributed by atoms with Gasteiger partial charge in [0.25, 0.3) is 5.91 Å². The summed E-state index contributed by atoms with van der Waals surface area (Å²) in [5, 5.41) is 0. The van der Waals surface area contributed by atoms with Crippen LogP contribution in [0, 0.1) is 5.82 Å². The fraction of sp³-hybridized carbons (Fsp3) is 0.250. The molecule has 0 bridgehead atoms. The van der Waals surface area contributed by atoms with Gasteiger partial charge in [-0.05, 0) is 36.2 Å². The van der Waals surface area contributed by atoms with Crippen LogP contribution in [0.2, 0.25) is 0 Å². The van der Waals surface area contributed by atoms with E-state index in [2.05, 4.69) is 6.58 Å². The van der Waals surface area contributed by atoms with E-state index in [1.54, 1.807) is 44.5 Å². The number of rotatable bonds is 7. The summed E-state index contributed by atoms with van der Waals surface area (Å²) >= 11 is 0. The van der Waals surface area contributed by atoms with Crippen molar-refractivity contribution in [3.05, 3.63) is 71.6 Å². The molecule has 0 saturated heterocycles. The molecular formula is C20H22FNO3. The largest absolute Gasteiger partial charge is 0.493 e. The molecule has 0 aliphatic carbocycles. The van der Waals surface area contributed by atoms with Gasteiger partial charge in [0.1, 0.15) is 5.82 Å². The van der Waals surface area contributed by atoms with Gasteiger partial charge in [-0.25, -0.2) is 4.39 Å². The fourth-order valence-electron chi connectivity index (χ4n) is 2.68. The maximum absolute atomic E-state index is 13.3. The minimum Gasteiger partial charge on any atom is -0.493 e. The van der Waals surface area contributed by atoms with Gasteiger partial charge in [0.15, 0.2) is 11.5 Å². The van der Waals surface area contributed by atoms with Crippen molar-refractivity contribution in [1.29, 1.82) is 0 Å². The average molecular weight is 343 g/mol. The van der Waals surface area contributed by atoms with Crippen LogP contribution in [-0.2, 0) is 13.0 Å². The molecular weight excluding hydrogens is 321 g/mol. The molecule has 0 radical (unpaired) electrons. The highest BCUT2D eigenvalue weighted by Crippen LogP contribution is 2.33. The molecule has 2 aromatic carbocycles. The lowest BCUT2D eigenvalue weighted by Gasteiger charge is -2.19. The summed E-state index contributed by atoms with van der Waals surface area (Å²) in [6, 6.07) is 9.62. The molecule has 132 valence electrons. The topological polar surface area (TPSA) is 38.8 Å². The molecule has 2 aromatic rings. The van der Waals surface area contributed by atoms with Crippen molar-refractivity contribution in [2.75, 3.05) is 21.3 Å². The lowest BCUT2D eigenvalue weighted by molar-refractivity contribution is 0.0784. The molecule has 2 rings (SSSR count). The van der Waals surface area contributed by atoms with E-state index in [0.717, 1.165) is 11.1 Å². The zero-order valence-corrected chi connectivity index (χ0v) is 14.7. The standard InChI is InChI=1S/C20H22FNO3/c1-5-7-15-11-16(12-18(24-3)19(15)25-4)20(23)22(2)13-14-8-6-9-17(21)10-14/h5-6,8-12H,1,7,13H2,2-4H3. The zero-order valence-electron chi connectivity index (χ0n) is 14.7. The van der Waals surface area contributed by atoms with Gasteiger partial charge in [0, 0.05) is 24.7 Å². The first kappa shape index (κ1) is 18.5. The summed E-state index contributed by atoms with van der Waals surface area (Å²) in [6.45, 7) is 4.04. The molecule has 25 heavy (non-hydrogen) atoms. The third kappa shape index (κ3) is 4.38. The summed E-state index contributed by atoms with van der Waals surface area (Å²) < 4.78 is 24.1. The van der Waals surface area contributed by atoms with Crippen molar-refractivity contribution >= 4 is 5.91 Å². The van der Waals surface area contributed by atoms with Gasteiger partial charge >= 0.3 is 0 Å². The molecule has 4 nitrogen and oxygen atoms in total. The maximum atomic E-state index is 13.3. The van der Waals surface area contributed by atoms with Crippen LogP contribution >= 0.6 is 0 Å². The molecule has 1 amide bonds. The second kappa shape index (κ2) is 8.33. The van der Waals surface area contributed by atoms with Gasteiger partial charge in [-0.2, -0.15) is 0 Å². The number of hydrogen-bond acceptors (Lipinski definition) is 3. The monoisotopic (exact) mass is 343 g/mol. The Kier molecular flexibility index (Phi) is 6.17. The quantitative estimate of drug-likeness (QED) is 0.717. The number of allylic oxidation sites excluding steroid dienone is 1. The molecule has 0 heterocycles. The lowest BCUT2D eigenvalue weighted by atomic mass is 10.0. The Morgan fingerprint density at radius 3 is 2.60 bits per heavy atom. The Balaban J connectivity index is 2.31. The van der Waals surface area contributed by atoms with Crippen molar-refractivity contribution in [2.45, 2.75) is 13.0 Å². The minimum absolute atomic E-state index is 0.185. The van der Waals surface area contributed by atoms with Crippen LogP contribution < -0.4 is 9.47 Å². The minimum atomic E-state index is -0.322. The molecule has 0 unspecified atom stereocenters. The number of hydrogen-bond donors (Lipinski definition) is 0. The maximum Gasteiger partial charge on any atom is 0.254 e. The summed E-state index contributed by atoms with van der Waals surface area (Å²) in [6.07, 6.45) is 2.29. The Morgan fingerprint density at radius 2 is 2.00 bits per heavy atom. The molecule has 0 spiro atoms. The number of benzene rings is 2. The first-order valence-electron chi connectivity index (χ1n) is 7.85. The number of methoxy groups -OCH3 is 2. The first-order chi connectivity index (χ1) is 12.0. The molecule has 5 heteroatoms. The van der Waals surface area contributed by atoms with Gasteiger partial charge in [0.05, 0.1) is 14.2 Å². The summed E-state index contributed by atoms with van der Waals surface area (Å²) in [4.78, 5) is 14.3. The summed E-state index contributed by atoms with van der Waals surface area (Å²) in [7, 11) is 4.76. The van der Waals surface area contributed by atoms with Crippen molar-refractivity contribution in [1.82, 2.24) is 4.90 Å². The highest BCUT2D eigenvalue weighted by atomic mass is 19.1. The molecule has 0 aliphatic heterocycles. The fourth-order valence-corrected chi connectivity index (χ4v) is 2.68. The van der Waals surface area contributed by atoms with E-state index < -0.39 is 0 Å². The predicted molar refractivity (Wildman–Crippen MR) is 95.6 cm³/mol. The van der Waals surface area contributed by atoms with Gasteiger partial charge in [-0.3, -0.25) is 4.79 Å². The van der Waals surface area contributed by atoms with Crippen LogP contribution in [0.1, 0.15) is 21.5 Å². The lowest BCUT2D eigenvalue weighted by Crippen LogP contribution is -2.26. The molecule has 0 aromatic heterocycles. The second-order valence-electron chi connectivity index (χ2n) is 5.65. The van der Waals surface area contributed by atoms with Crippen molar-refractivity contribution in [2.24, 2.45) is 0 Å². The summed E-state index contributed by atoms with van der Waals surface area (Å²) in [5.74, 6) is 0.573. The first-order valence-corrected chi connectivity index (χ1v) is 7.85. The third-order valence-electron chi connectivity index (χ3n) is 3.82. The highest BCUT2D eigenvalue weighted by Gasteiger charge is 2.18. The number of nitrogens with zero attached hydrogens (tertiary/aromatic N) is 1. The van der Waals surface area contributed by atoms with E-state index in [1.807, 2.05) is 0 Å². The third-order valence-corrected chi connectivity index (χ3v) is 3.82. The Bertz CT molecular complexity index is 774. The Hall–Kier alpha value is -2.82. The SMILES string of the molecule is C=CCc1cc(C(=O)N(C)Cc2cccc(F)c2)cc(OC)c1OC. The van der Waals surface area contributed by atoms with Gasteiger partial charge in [-0.1, -0.05) is 18.2 Å². The van der Waals surface area contributed by atoms with Crippen LogP contribution in [0.5, 0.6) is 11.5 Å². The van der Waals surface area contributed by atoms with Gasteiger partial charge in [-0.15, -0.1) is 6.58 Å². The zero-order chi connectivity index (χ0) is 18.4. The molecule has 0 N–H and O–H groups in total. The highest BCUT2D eigenvalue weighted by molar-refractivity contribution is 5.95. The Morgan fingerprint density at radius 1 is 1.24 bits per heavy atom. The van der Waals surface area contributed by atoms with E-state index in [4.69, 9.17) is 9.47 Å². The normalized spacial score (nSPS) is 10.2. The van der Waals surface area contributed by atoms with Crippen LogP contribution in [0.25, 0.3) is 0 Å². The predicted octanol–water partition coefficient (Wildman–Crippen LogP) is 3.84. The van der Waals surface area contributed by atoms with Crippen molar-refractivity contribution in [3.8, 4) is 11.5 Å². The van der Waals surface area contributed by atoms with Crippen LogP contribution in [0.3, 0.4) is 0 Å². The van der Waals surface area contributed by atoms with Crippen LogP contribution in [-0.4, -0.2) is 32.1 Å². The van der Waals surface area contributed by atoms with Crippen molar-refractivity contribution in [3.63, 3.8) is 0 Å². The smallest absolute Gasteiger partial charge is 0.254 e. The van der Waals surface area contributed by atoms with E-state index in [0.29, 0.717) is 30.0 Å². The number of halogens is 1. The second-order valence-corrected chi connectivity index (χ2v) is 5.65.